The van der Waals surface area contributed by atoms with Gasteiger partial charge in [0.2, 0.25) is 0 Å². The molecule has 0 N–H and O–H groups in total. The van der Waals surface area contributed by atoms with Gasteiger partial charge in [0.05, 0.1) is 0 Å². The highest BCUT2D eigenvalue weighted by molar-refractivity contribution is 6.37. The second kappa shape index (κ2) is 6.29. The van der Waals surface area contributed by atoms with E-state index in [4.69, 9.17) is 0 Å². The fraction of sp³-hybridized carbons (Fsp3) is 0.0769. The van der Waals surface area contributed by atoms with Crippen LogP contribution in [0.5, 0.6) is 0 Å². The molecular weight excluding hydrogens is 376 g/mol. The maximum Gasteiger partial charge on any atom is 0.160 e. The van der Waals surface area contributed by atoms with Gasteiger partial charge in [0.1, 0.15) is 0 Å². The van der Waals surface area contributed by atoms with Crippen molar-refractivity contribution in [3.8, 4) is 0 Å². The standard InChI is InChI=1S/C26H16O4/c1-13(29)17-7-9-21-20-6-4-16(12-28)24-18(14(2)30)8-10-22(26(20)24)19-5-3-15(11-27)23(17)25(19)21/h3-12H,1-2H3. The number of carbonyl (C=O) groups is 4. The van der Waals surface area contributed by atoms with Gasteiger partial charge in [-0.15, -0.1) is 0 Å². The lowest BCUT2D eigenvalue weighted by Gasteiger charge is -2.18. The second-order valence-electron chi connectivity index (χ2n) is 7.57. The Morgan fingerprint density at radius 3 is 1.17 bits per heavy atom. The van der Waals surface area contributed by atoms with Crippen molar-refractivity contribution in [3.05, 3.63) is 70.8 Å². The molecule has 144 valence electrons. The molecule has 5 aromatic rings. The molecule has 0 aromatic heterocycles. The Bertz CT molecular complexity index is 1430. The Hall–Kier alpha value is -3.92. The summed E-state index contributed by atoms with van der Waals surface area (Å²) < 4.78 is 0. The van der Waals surface area contributed by atoms with Gasteiger partial charge in [-0.05, 0) is 46.2 Å². The van der Waals surface area contributed by atoms with Crippen LogP contribution < -0.4 is 0 Å². The summed E-state index contributed by atoms with van der Waals surface area (Å²) >= 11 is 0. The highest BCUT2D eigenvalue weighted by Gasteiger charge is 2.21. The SMILES string of the molecule is CC(=O)c1ccc2c3ccc(C=O)c4c(C(C)=O)ccc(c5ccc(C=O)c1c52)c43. The molecule has 0 saturated heterocycles. The fourth-order valence-electron chi connectivity index (χ4n) is 4.73. The molecule has 0 heterocycles. The van der Waals surface area contributed by atoms with Crippen molar-refractivity contribution >= 4 is 67.2 Å². The van der Waals surface area contributed by atoms with Gasteiger partial charge < -0.3 is 0 Å². The average molecular weight is 392 g/mol. The Morgan fingerprint density at radius 1 is 0.533 bits per heavy atom. The van der Waals surface area contributed by atoms with Crippen molar-refractivity contribution in [1.82, 2.24) is 0 Å². The molecule has 0 saturated carbocycles. The van der Waals surface area contributed by atoms with Crippen molar-refractivity contribution in [2.45, 2.75) is 13.8 Å². The van der Waals surface area contributed by atoms with Crippen LogP contribution in [-0.4, -0.2) is 24.1 Å². The first-order chi connectivity index (χ1) is 14.5. The van der Waals surface area contributed by atoms with Gasteiger partial charge in [-0.2, -0.15) is 0 Å². The first kappa shape index (κ1) is 18.1. The number of fused-ring (bicyclic) bond motifs is 2. The van der Waals surface area contributed by atoms with E-state index in [1.807, 2.05) is 24.3 Å². The van der Waals surface area contributed by atoms with Crippen molar-refractivity contribution in [2.75, 3.05) is 0 Å². The van der Waals surface area contributed by atoms with Gasteiger partial charge in [0, 0.05) is 33.0 Å². The third kappa shape index (κ3) is 2.22. The third-order valence-corrected chi connectivity index (χ3v) is 5.98. The summed E-state index contributed by atoms with van der Waals surface area (Å²) in [6.07, 6.45) is 1.55. The fourth-order valence-corrected chi connectivity index (χ4v) is 4.73. The zero-order valence-corrected chi connectivity index (χ0v) is 16.4. The number of Topliss-reactive ketones (excluding diaryl/α,β-unsaturated/α-hetero) is 2. The van der Waals surface area contributed by atoms with E-state index >= 15 is 0 Å². The number of hydrogen-bond acceptors (Lipinski definition) is 4. The summed E-state index contributed by atoms with van der Waals surface area (Å²) in [6.45, 7) is 2.98. The molecular formula is C26H16O4. The number of carbonyl (C=O) groups excluding carboxylic acids is 4. The van der Waals surface area contributed by atoms with Crippen molar-refractivity contribution in [3.63, 3.8) is 0 Å². The second-order valence-corrected chi connectivity index (χ2v) is 7.57. The molecule has 0 amide bonds. The maximum atomic E-state index is 12.3. The minimum Gasteiger partial charge on any atom is -0.298 e. The summed E-state index contributed by atoms with van der Waals surface area (Å²) in [4.78, 5) is 48.2. The lowest BCUT2D eigenvalue weighted by Crippen LogP contribution is -2.01. The normalized spacial score (nSPS) is 11.5. The quantitative estimate of drug-likeness (QED) is 0.169. The molecule has 0 atom stereocenters. The van der Waals surface area contributed by atoms with Gasteiger partial charge in [0.15, 0.2) is 24.1 Å². The predicted molar refractivity (Wildman–Crippen MR) is 118 cm³/mol. The van der Waals surface area contributed by atoms with Crippen LogP contribution in [0.15, 0.2) is 48.5 Å². The van der Waals surface area contributed by atoms with Gasteiger partial charge in [-0.25, -0.2) is 0 Å². The van der Waals surface area contributed by atoms with Crippen LogP contribution in [0.4, 0.5) is 0 Å². The Morgan fingerprint density at radius 2 is 0.867 bits per heavy atom. The van der Waals surface area contributed by atoms with Crippen LogP contribution in [0.3, 0.4) is 0 Å². The molecule has 0 aliphatic heterocycles. The smallest absolute Gasteiger partial charge is 0.160 e. The van der Waals surface area contributed by atoms with E-state index in [2.05, 4.69) is 0 Å². The van der Waals surface area contributed by atoms with Crippen LogP contribution in [-0.2, 0) is 0 Å². The predicted octanol–water partition coefficient (Wildman–Crippen LogP) is 5.77. The van der Waals surface area contributed by atoms with Crippen LogP contribution in [0.2, 0.25) is 0 Å². The molecule has 5 aromatic carbocycles. The zero-order chi connectivity index (χ0) is 21.2. The van der Waals surface area contributed by atoms with E-state index < -0.39 is 0 Å². The van der Waals surface area contributed by atoms with Gasteiger partial charge in [0.25, 0.3) is 0 Å². The summed E-state index contributed by atoms with van der Waals surface area (Å²) in [6, 6.07) is 14.5. The molecule has 0 aliphatic carbocycles. The number of aldehydes is 2. The van der Waals surface area contributed by atoms with Crippen molar-refractivity contribution in [2.24, 2.45) is 0 Å². The Labute approximate surface area is 171 Å². The maximum absolute atomic E-state index is 12.3. The highest BCUT2D eigenvalue weighted by atomic mass is 16.1. The molecule has 0 radical (unpaired) electrons. The van der Waals surface area contributed by atoms with Gasteiger partial charge >= 0.3 is 0 Å². The van der Waals surface area contributed by atoms with Gasteiger partial charge in [-0.1, -0.05) is 48.5 Å². The molecule has 0 aliphatic rings. The summed E-state index contributed by atoms with van der Waals surface area (Å²) in [5, 5.41) is 6.48. The molecule has 0 spiro atoms. The highest BCUT2D eigenvalue weighted by Crippen LogP contribution is 2.43. The van der Waals surface area contributed by atoms with E-state index in [0.29, 0.717) is 33.0 Å². The topological polar surface area (TPSA) is 68.3 Å². The van der Waals surface area contributed by atoms with E-state index in [9.17, 15) is 19.2 Å². The van der Waals surface area contributed by atoms with E-state index in [1.165, 1.54) is 13.8 Å². The third-order valence-electron chi connectivity index (χ3n) is 5.98. The molecule has 4 nitrogen and oxygen atoms in total. The molecule has 0 bridgehead atoms. The average Bonchev–Trinajstić information content (AvgIpc) is 2.75. The van der Waals surface area contributed by atoms with E-state index in [0.717, 1.165) is 44.9 Å². The lowest BCUT2D eigenvalue weighted by molar-refractivity contribution is 0.101. The molecule has 0 unspecified atom stereocenters. The first-order valence-electron chi connectivity index (χ1n) is 9.60. The number of hydrogen-bond donors (Lipinski definition) is 0. The summed E-state index contributed by atoms with van der Waals surface area (Å²) in [7, 11) is 0. The Balaban J connectivity index is 2.18. The zero-order valence-electron chi connectivity index (χ0n) is 16.4. The van der Waals surface area contributed by atoms with Crippen molar-refractivity contribution < 1.29 is 19.2 Å². The first-order valence-corrected chi connectivity index (χ1v) is 9.60. The Kier molecular flexibility index (Phi) is 3.80. The minimum absolute atomic E-state index is 0.110. The molecule has 5 rings (SSSR count). The van der Waals surface area contributed by atoms with Crippen molar-refractivity contribution in [1.29, 1.82) is 0 Å². The molecule has 0 fully saturated rings. The summed E-state index contributed by atoms with van der Waals surface area (Å²) in [5.41, 5.74) is 1.93. The molecule has 4 heteroatoms. The van der Waals surface area contributed by atoms with Crippen LogP contribution >= 0.6 is 0 Å². The largest absolute Gasteiger partial charge is 0.298 e. The van der Waals surface area contributed by atoms with Gasteiger partial charge in [-0.3, -0.25) is 19.2 Å². The number of benzene rings is 5. The monoisotopic (exact) mass is 392 g/mol. The van der Waals surface area contributed by atoms with E-state index in [1.54, 1.807) is 24.3 Å². The number of rotatable bonds is 4. The minimum atomic E-state index is -0.110. The molecule has 30 heavy (non-hydrogen) atoms. The number of ketones is 2. The lowest BCUT2D eigenvalue weighted by atomic mass is 9.84. The van der Waals surface area contributed by atoms with Crippen LogP contribution in [0, 0.1) is 0 Å². The van der Waals surface area contributed by atoms with Crippen LogP contribution in [0.1, 0.15) is 55.3 Å². The van der Waals surface area contributed by atoms with E-state index in [-0.39, 0.29) is 11.6 Å². The van der Waals surface area contributed by atoms with Crippen LogP contribution in [0.25, 0.3) is 43.1 Å². The summed E-state index contributed by atoms with van der Waals surface area (Å²) in [5.74, 6) is -0.220.